The molecule has 1 aromatic heterocycles. The molecule has 1 heterocycles. The summed E-state index contributed by atoms with van der Waals surface area (Å²) < 4.78 is 7.87. The summed E-state index contributed by atoms with van der Waals surface area (Å²) in [5.74, 6) is 1.61. The van der Waals surface area contributed by atoms with Crippen molar-refractivity contribution < 1.29 is 9.53 Å². The van der Waals surface area contributed by atoms with Crippen molar-refractivity contribution in [3.05, 3.63) is 77.6 Å². The van der Waals surface area contributed by atoms with E-state index in [0.717, 1.165) is 22.6 Å². The second-order valence-corrected chi connectivity index (χ2v) is 9.89. The van der Waals surface area contributed by atoms with Crippen LogP contribution in [0.2, 0.25) is 0 Å². The lowest BCUT2D eigenvalue weighted by Crippen LogP contribution is -2.16. The SMILES string of the molecule is C=CCn1c(COc2ccc(C(C)(C)C)cc2)nnc1SCC(=O)Nc1cccc(C)c1C. The van der Waals surface area contributed by atoms with E-state index >= 15 is 0 Å². The number of carbonyl (C=O) groups excluding carboxylic acids is 1. The number of thioether (sulfide) groups is 1. The Morgan fingerprint density at radius 3 is 2.55 bits per heavy atom. The highest BCUT2D eigenvalue weighted by molar-refractivity contribution is 7.99. The molecule has 0 aliphatic rings. The molecule has 3 aromatic rings. The molecule has 0 fully saturated rings. The highest BCUT2D eigenvalue weighted by Gasteiger charge is 2.16. The smallest absolute Gasteiger partial charge is 0.234 e. The number of amides is 1. The number of allylic oxidation sites excluding steroid dienone is 1. The standard InChI is InChI=1S/C26H32N4O2S/c1-7-15-30-23(16-32-21-13-11-20(12-14-21)26(4,5)6)28-29-25(30)33-17-24(31)27-22-10-8-9-18(2)19(22)3/h7-14H,1,15-17H2,2-6H3,(H,27,31). The number of benzene rings is 2. The number of ether oxygens (including phenoxy) is 1. The molecule has 0 aliphatic heterocycles. The van der Waals surface area contributed by atoms with E-state index in [2.05, 4.69) is 55.0 Å². The maximum atomic E-state index is 12.5. The van der Waals surface area contributed by atoms with Gasteiger partial charge in [0.05, 0.1) is 5.75 Å². The minimum absolute atomic E-state index is 0.0846. The van der Waals surface area contributed by atoms with E-state index in [1.54, 1.807) is 6.08 Å². The Labute approximate surface area is 200 Å². The Balaban J connectivity index is 1.62. The van der Waals surface area contributed by atoms with Crippen LogP contribution in [0.5, 0.6) is 5.75 Å². The fourth-order valence-corrected chi connectivity index (χ4v) is 4.01. The first-order valence-corrected chi connectivity index (χ1v) is 11.9. The van der Waals surface area contributed by atoms with Crippen molar-refractivity contribution in [2.75, 3.05) is 11.1 Å². The largest absolute Gasteiger partial charge is 0.486 e. The van der Waals surface area contributed by atoms with Crippen molar-refractivity contribution >= 4 is 23.4 Å². The topological polar surface area (TPSA) is 69.0 Å². The van der Waals surface area contributed by atoms with Crippen molar-refractivity contribution in [1.29, 1.82) is 0 Å². The highest BCUT2D eigenvalue weighted by atomic mass is 32.2. The zero-order valence-corrected chi connectivity index (χ0v) is 20.8. The van der Waals surface area contributed by atoms with Crippen LogP contribution in [0, 0.1) is 13.8 Å². The van der Waals surface area contributed by atoms with Crippen molar-refractivity contribution in [1.82, 2.24) is 14.8 Å². The van der Waals surface area contributed by atoms with Crippen LogP contribution >= 0.6 is 11.8 Å². The molecule has 0 spiro atoms. The molecule has 0 bridgehead atoms. The minimum atomic E-state index is -0.0846. The number of hydrogen-bond acceptors (Lipinski definition) is 5. The molecule has 174 valence electrons. The summed E-state index contributed by atoms with van der Waals surface area (Å²) in [5, 5.41) is 12.2. The average molecular weight is 465 g/mol. The molecule has 1 N–H and O–H groups in total. The molecule has 3 rings (SSSR count). The number of carbonyl (C=O) groups is 1. The van der Waals surface area contributed by atoms with Gasteiger partial charge < -0.3 is 10.1 Å². The zero-order valence-electron chi connectivity index (χ0n) is 20.0. The maximum Gasteiger partial charge on any atom is 0.234 e. The Kier molecular flexibility index (Phi) is 7.97. The van der Waals surface area contributed by atoms with Crippen molar-refractivity contribution in [2.45, 2.75) is 58.3 Å². The molecule has 7 heteroatoms. The van der Waals surface area contributed by atoms with E-state index in [4.69, 9.17) is 4.74 Å². The molecular formula is C26H32N4O2S. The van der Waals surface area contributed by atoms with Crippen LogP contribution in [0.1, 0.15) is 43.3 Å². The lowest BCUT2D eigenvalue weighted by Gasteiger charge is -2.19. The van der Waals surface area contributed by atoms with Crippen LogP contribution in [-0.2, 0) is 23.4 Å². The van der Waals surface area contributed by atoms with Gasteiger partial charge in [0.2, 0.25) is 5.91 Å². The minimum Gasteiger partial charge on any atom is -0.486 e. The summed E-state index contributed by atoms with van der Waals surface area (Å²) >= 11 is 1.35. The first-order chi connectivity index (χ1) is 15.7. The molecule has 1 amide bonds. The van der Waals surface area contributed by atoms with Crippen molar-refractivity contribution in [3.8, 4) is 5.75 Å². The fourth-order valence-electron chi connectivity index (χ4n) is 3.25. The maximum absolute atomic E-state index is 12.5. The predicted molar refractivity (Wildman–Crippen MR) is 135 cm³/mol. The van der Waals surface area contributed by atoms with E-state index in [1.165, 1.54) is 17.3 Å². The van der Waals surface area contributed by atoms with Gasteiger partial charge in [-0.3, -0.25) is 9.36 Å². The number of hydrogen-bond donors (Lipinski definition) is 1. The zero-order chi connectivity index (χ0) is 24.0. The lowest BCUT2D eigenvalue weighted by molar-refractivity contribution is -0.113. The number of rotatable bonds is 9. The summed E-state index contributed by atoms with van der Waals surface area (Å²) in [6.07, 6.45) is 1.78. The van der Waals surface area contributed by atoms with E-state index < -0.39 is 0 Å². The first kappa shape index (κ1) is 24.6. The highest BCUT2D eigenvalue weighted by Crippen LogP contribution is 2.25. The quantitative estimate of drug-likeness (QED) is 0.325. The summed E-state index contributed by atoms with van der Waals surface area (Å²) in [6.45, 7) is 15.2. The van der Waals surface area contributed by atoms with Gasteiger partial charge in [-0.1, -0.05) is 62.9 Å². The van der Waals surface area contributed by atoms with Gasteiger partial charge in [-0.15, -0.1) is 16.8 Å². The predicted octanol–water partition coefficient (Wildman–Crippen LogP) is 5.69. The van der Waals surface area contributed by atoms with Crippen LogP contribution in [0.15, 0.2) is 60.3 Å². The summed E-state index contributed by atoms with van der Waals surface area (Å²) in [7, 11) is 0. The van der Waals surface area contributed by atoms with E-state index in [0.29, 0.717) is 17.5 Å². The number of nitrogens with one attached hydrogen (secondary N) is 1. The number of anilines is 1. The fraction of sp³-hybridized carbons (Fsp3) is 0.346. The van der Waals surface area contributed by atoms with Gasteiger partial charge in [0, 0.05) is 12.2 Å². The molecule has 6 nitrogen and oxygen atoms in total. The average Bonchev–Trinajstić information content (AvgIpc) is 3.15. The lowest BCUT2D eigenvalue weighted by atomic mass is 9.87. The van der Waals surface area contributed by atoms with Crippen LogP contribution in [0.3, 0.4) is 0 Å². The van der Waals surface area contributed by atoms with E-state index in [9.17, 15) is 4.79 Å². The third kappa shape index (κ3) is 6.48. The normalized spacial score (nSPS) is 11.3. The Hall–Kier alpha value is -3.06. The van der Waals surface area contributed by atoms with Gasteiger partial charge in [0.15, 0.2) is 11.0 Å². The number of nitrogens with zero attached hydrogens (tertiary/aromatic N) is 3. The van der Waals surface area contributed by atoms with Gasteiger partial charge in [-0.05, 0) is 54.2 Å². The van der Waals surface area contributed by atoms with Gasteiger partial charge in [0.1, 0.15) is 12.4 Å². The molecule has 0 radical (unpaired) electrons. The van der Waals surface area contributed by atoms with Gasteiger partial charge >= 0.3 is 0 Å². The molecule has 0 aliphatic carbocycles. The Morgan fingerprint density at radius 1 is 1.15 bits per heavy atom. The molecule has 0 atom stereocenters. The first-order valence-electron chi connectivity index (χ1n) is 10.9. The van der Waals surface area contributed by atoms with Crippen LogP contribution < -0.4 is 10.1 Å². The molecular weight excluding hydrogens is 432 g/mol. The molecule has 0 saturated carbocycles. The third-order valence-electron chi connectivity index (χ3n) is 5.40. The summed E-state index contributed by atoms with van der Waals surface area (Å²) in [4.78, 5) is 12.5. The number of aromatic nitrogens is 3. The van der Waals surface area contributed by atoms with Crippen LogP contribution in [0.25, 0.3) is 0 Å². The second-order valence-electron chi connectivity index (χ2n) is 8.95. The Bertz CT molecular complexity index is 1110. The van der Waals surface area contributed by atoms with Crippen LogP contribution in [0.4, 0.5) is 5.69 Å². The van der Waals surface area contributed by atoms with Crippen LogP contribution in [-0.4, -0.2) is 26.4 Å². The van der Waals surface area contributed by atoms with E-state index in [1.807, 2.05) is 48.7 Å². The Morgan fingerprint density at radius 2 is 1.88 bits per heavy atom. The van der Waals surface area contributed by atoms with Crippen molar-refractivity contribution in [2.24, 2.45) is 0 Å². The molecule has 33 heavy (non-hydrogen) atoms. The molecule has 2 aromatic carbocycles. The van der Waals surface area contributed by atoms with Gasteiger partial charge in [-0.25, -0.2) is 0 Å². The van der Waals surface area contributed by atoms with Gasteiger partial charge in [-0.2, -0.15) is 0 Å². The summed E-state index contributed by atoms with van der Waals surface area (Å²) in [6, 6.07) is 14.0. The molecule has 0 unspecified atom stereocenters. The number of aryl methyl sites for hydroxylation is 1. The van der Waals surface area contributed by atoms with Crippen molar-refractivity contribution in [3.63, 3.8) is 0 Å². The van der Waals surface area contributed by atoms with E-state index in [-0.39, 0.29) is 23.7 Å². The van der Waals surface area contributed by atoms with Gasteiger partial charge in [0.25, 0.3) is 0 Å². The third-order valence-corrected chi connectivity index (χ3v) is 6.37. The second kappa shape index (κ2) is 10.7. The monoisotopic (exact) mass is 464 g/mol. The summed E-state index contributed by atoms with van der Waals surface area (Å²) in [5.41, 5.74) is 4.39. The molecule has 0 saturated heterocycles.